The summed E-state index contributed by atoms with van der Waals surface area (Å²) in [5.41, 5.74) is 2.39. The van der Waals surface area contributed by atoms with Gasteiger partial charge in [-0.2, -0.15) is 16.8 Å². The van der Waals surface area contributed by atoms with E-state index >= 15 is 0 Å². The second-order valence-electron chi connectivity index (χ2n) is 14.2. The Hall–Kier alpha value is -5.37. The number of para-hydroxylation sites is 2. The van der Waals surface area contributed by atoms with Crippen molar-refractivity contribution < 1.29 is 64.1 Å². The molecule has 4 aromatic rings. The fourth-order valence-electron chi connectivity index (χ4n) is 7.89. The molecule has 0 spiro atoms. The maximum absolute atomic E-state index is 14.0. The van der Waals surface area contributed by atoms with Crippen LogP contribution in [0.1, 0.15) is 31.8 Å². The Morgan fingerprint density at radius 1 is 0.672 bits per heavy atom. The number of nitrogens with one attached hydrogen (secondary N) is 2. The standard InChI is InChI=1S/C37H37N4O14PS2/c1-52-30-13-22-24(38-34(57(46,47)48)28-11-20-7-3-5-9-26(20)40(28)36(22)43)15-32(30)54-18-56(45,17-42)19-55-33-16-25-23(14-31(33)53-2)37(44)41-27-10-6-4-8-21(27)12-29(41)35(39-25)58(49,50)51/h3-10,13-16,28-29,34-35,38-39,42H,11-12,17-19H2,1-2H3,(H,46,47,48)(H,49,50,51)/t28-,29-,34?,35?,56?/m0/s1. The lowest BCUT2D eigenvalue weighted by atomic mass is 10.1. The predicted octanol–water partition coefficient (Wildman–Crippen LogP) is 3.81. The summed E-state index contributed by atoms with van der Waals surface area (Å²) in [6.07, 6.45) is -1.93. The molecule has 4 aliphatic heterocycles. The van der Waals surface area contributed by atoms with Gasteiger partial charge in [-0.25, -0.2) is 0 Å². The van der Waals surface area contributed by atoms with E-state index in [4.69, 9.17) is 18.9 Å². The Kier molecular flexibility index (Phi) is 9.84. The zero-order chi connectivity index (χ0) is 41.3. The minimum absolute atomic E-state index is 0.00771. The number of aliphatic hydroxyl groups is 1. The zero-order valence-electron chi connectivity index (χ0n) is 30.8. The summed E-state index contributed by atoms with van der Waals surface area (Å²) in [6.45, 7) is 0. The summed E-state index contributed by atoms with van der Waals surface area (Å²) >= 11 is 0. The number of carbonyl (C=O) groups is 2. The van der Waals surface area contributed by atoms with E-state index in [0.29, 0.717) is 11.4 Å². The number of nitrogens with zero attached hydrogens (tertiary/aromatic N) is 2. The summed E-state index contributed by atoms with van der Waals surface area (Å²) in [6, 6.07) is 17.0. The molecule has 4 aliphatic rings. The van der Waals surface area contributed by atoms with Crippen LogP contribution >= 0.6 is 7.14 Å². The van der Waals surface area contributed by atoms with Crippen LogP contribution in [0.2, 0.25) is 0 Å². The van der Waals surface area contributed by atoms with Crippen LogP contribution in [-0.4, -0.2) is 99.0 Å². The van der Waals surface area contributed by atoms with Gasteiger partial charge in [-0.1, -0.05) is 36.4 Å². The van der Waals surface area contributed by atoms with Crippen LogP contribution in [-0.2, 0) is 37.6 Å². The molecule has 21 heteroatoms. The van der Waals surface area contributed by atoms with Crippen molar-refractivity contribution in [2.24, 2.45) is 0 Å². The Morgan fingerprint density at radius 3 is 1.43 bits per heavy atom. The van der Waals surface area contributed by atoms with Crippen LogP contribution in [0, 0.1) is 0 Å². The Morgan fingerprint density at radius 2 is 1.07 bits per heavy atom. The number of anilines is 4. The highest BCUT2D eigenvalue weighted by Gasteiger charge is 2.49. The summed E-state index contributed by atoms with van der Waals surface area (Å²) < 4.78 is 108. The maximum atomic E-state index is 14.0. The van der Waals surface area contributed by atoms with Crippen molar-refractivity contribution in [1.29, 1.82) is 0 Å². The number of hydrogen-bond donors (Lipinski definition) is 5. The molecule has 0 fully saturated rings. The zero-order valence-corrected chi connectivity index (χ0v) is 33.3. The number of benzene rings is 4. The Bertz CT molecular complexity index is 2470. The average molecular weight is 857 g/mol. The topological polar surface area (TPSA) is 248 Å². The van der Waals surface area contributed by atoms with Crippen LogP contribution in [0.5, 0.6) is 23.0 Å². The second-order valence-corrected chi connectivity index (χ2v) is 20.1. The fourth-order valence-corrected chi connectivity index (χ4v) is 10.7. The molecule has 0 bridgehead atoms. The van der Waals surface area contributed by atoms with Gasteiger partial charge in [-0.3, -0.25) is 18.7 Å². The first-order valence-corrected chi connectivity index (χ1v) is 23.0. The number of carbonyl (C=O) groups excluding carboxylic acids is 2. The lowest BCUT2D eigenvalue weighted by molar-refractivity contribution is 0.0974. The highest BCUT2D eigenvalue weighted by Crippen LogP contribution is 2.49. The van der Waals surface area contributed by atoms with E-state index in [9.17, 15) is 45.2 Å². The predicted molar refractivity (Wildman–Crippen MR) is 211 cm³/mol. The van der Waals surface area contributed by atoms with Gasteiger partial charge in [0.05, 0.1) is 48.8 Å². The molecule has 0 saturated carbocycles. The average Bonchev–Trinajstić information content (AvgIpc) is 3.70. The number of ether oxygens (including phenoxy) is 4. The molecule has 0 saturated heterocycles. The highest BCUT2D eigenvalue weighted by molar-refractivity contribution is 7.86. The molecule has 5 N–H and O–H groups in total. The van der Waals surface area contributed by atoms with Gasteiger partial charge in [0.15, 0.2) is 40.9 Å². The fraction of sp³-hybridized carbons (Fsp3) is 0.297. The number of methoxy groups -OCH3 is 2. The Labute approximate surface area is 332 Å². The molecule has 2 unspecified atom stereocenters. The van der Waals surface area contributed by atoms with Crippen molar-refractivity contribution in [2.75, 3.05) is 53.7 Å². The molecule has 4 aromatic carbocycles. The van der Waals surface area contributed by atoms with Gasteiger partial charge in [0, 0.05) is 23.5 Å². The lowest BCUT2D eigenvalue weighted by Gasteiger charge is -2.27. The van der Waals surface area contributed by atoms with E-state index in [0.717, 1.165) is 11.1 Å². The minimum Gasteiger partial charge on any atom is -0.493 e. The maximum Gasteiger partial charge on any atom is 0.288 e. The van der Waals surface area contributed by atoms with Crippen molar-refractivity contribution in [1.82, 2.24) is 0 Å². The molecule has 4 atom stereocenters. The van der Waals surface area contributed by atoms with E-state index < -0.39 is 81.1 Å². The molecule has 0 radical (unpaired) electrons. The normalized spacial score (nSPS) is 21.7. The first-order valence-electron chi connectivity index (χ1n) is 17.7. The number of hydrogen-bond acceptors (Lipinski definition) is 14. The smallest absolute Gasteiger partial charge is 0.288 e. The molecule has 0 aromatic heterocycles. The minimum atomic E-state index is -4.78. The second kappa shape index (κ2) is 14.5. The van der Waals surface area contributed by atoms with Crippen LogP contribution in [0.25, 0.3) is 0 Å². The Balaban J connectivity index is 1.06. The van der Waals surface area contributed by atoms with E-state index in [2.05, 4.69) is 10.6 Å². The summed E-state index contributed by atoms with van der Waals surface area (Å²) in [4.78, 5) is 30.6. The molecule has 18 nitrogen and oxygen atoms in total. The SMILES string of the molecule is COc1cc2c(cc1OCP(=O)(CO)COc1cc3c(cc1OC)C(=O)N1c4ccccc4C[C@H]1C(S(=O)(=O)O)N3)NC(S(=O)(=O)O)[C@@H]1Cc3ccccc3N1C2=O. The van der Waals surface area contributed by atoms with Crippen LogP contribution in [0.15, 0.2) is 72.8 Å². The molecule has 58 heavy (non-hydrogen) atoms. The molecule has 2 amide bonds. The van der Waals surface area contributed by atoms with Gasteiger partial charge in [-0.15, -0.1) is 0 Å². The lowest BCUT2D eigenvalue weighted by Crippen LogP contribution is -2.49. The highest BCUT2D eigenvalue weighted by atomic mass is 32.2. The molecular weight excluding hydrogens is 820 g/mol. The molecule has 306 valence electrons. The largest absolute Gasteiger partial charge is 0.493 e. The van der Waals surface area contributed by atoms with Gasteiger partial charge in [0.1, 0.15) is 19.0 Å². The molecule has 4 heterocycles. The van der Waals surface area contributed by atoms with E-state index in [-0.39, 0.29) is 58.3 Å². The third-order valence-corrected chi connectivity index (χ3v) is 14.5. The third-order valence-electron chi connectivity index (χ3n) is 10.6. The van der Waals surface area contributed by atoms with Crippen molar-refractivity contribution in [3.63, 3.8) is 0 Å². The summed E-state index contributed by atoms with van der Waals surface area (Å²) in [5.74, 6) is -1.30. The number of rotatable bonds is 11. The van der Waals surface area contributed by atoms with Crippen LogP contribution in [0.3, 0.4) is 0 Å². The molecule has 0 aliphatic carbocycles. The summed E-state index contributed by atoms with van der Waals surface area (Å²) in [5, 5.41) is 12.6. The van der Waals surface area contributed by atoms with Crippen molar-refractivity contribution in [3.05, 3.63) is 95.1 Å². The van der Waals surface area contributed by atoms with Gasteiger partial charge in [0.25, 0.3) is 32.1 Å². The molecule has 8 rings (SSSR count). The van der Waals surface area contributed by atoms with Gasteiger partial charge >= 0.3 is 0 Å². The monoisotopic (exact) mass is 856 g/mol. The first-order chi connectivity index (χ1) is 27.5. The van der Waals surface area contributed by atoms with Crippen molar-refractivity contribution >= 4 is 61.9 Å². The van der Waals surface area contributed by atoms with Gasteiger partial charge < -0.3 is 49.1 Å². The van der Waals surface area contributed by atoms with Gasteiger partial charge in [-0.05, 0) is 48.2 Å². The van der Waals surface area contributed by atoms with Crippen molar-refractivity contribution in [3.8, 4) is 23.0 Å². The quantitative estimate of drug-likeness (QED) is 0.106. The van der Waals surface area contributed by atoms with E-state index in [1.807, 2.05) is 0 Å². The first kappa shape index (κ1) is 39.5. The summed E-state index contributed by atoms with van der Waals surface area (Å²) in [7, 11) is -10.8. The third kappa shape index (κ3) is 6.78. The number of aliphatic hydroxyl groups excluding tert-OH is 1. The van der Waals surface area contributed by atoms with E-state index in [1.165, 1.54) is 48.3 Å². The van der Waals surface area contributed by atoms with E-state index in [1.54, 1.807) is 48.5 Å². The van der Waals surface area contributed by atoms with Crippen LogP contribution < -0.4 is 39.4 Å². The van der Waals surface area contributed by atoms with Crippen molar-refractivity contribution in [2.45, 2.75) is 35.7 Å². The number of fused-ring (bicyclic) bond motifs is 8. The van der Waals surface area contributed by atoms with Crippen LogP contribution in [0.4, 0.5) is 22.7 Å². The molecular formula is C37H37N4O14PS2. The number of amides is 2. The van der Waals surface area contributed by atoms with Gasteiger partial charge in [0.2, 0.25) is 0 Å².